The van der Waals surface area contributed by atoms with Crippen LogP contribution in [0, 0.1) is 12.3 Å². The molecule has 0 saturated carbocycles. The fourth-order valence-electron chi connectivity index (χ4n) is 0.617. The van der Waals surface area contributed by atoms with Crippen molar-refractivity contribution in [2.24, 2.45) is 0 Å². The second-order valence-corrected chi connectivity index (χ2v) is 2.11. The van der Waals surface area contributed by atoms with Crippen molar-refractivity contribution in [1.29, 1.82) is 0 Å². The molecule has 80 valence electrons. The van der Waals surface area contributed by atoms with Crippen LogP contribution in [-0.2, 0) is 4.74 Å². The van der Waals surface area contributed by atoms with Gasteiger partial charge in [-0.3, -0.25) is 0 Å². The molecule has 0 aliphatic rings. The molecule has 0 aromatic heterocycles. The van der Waals surface area contributed by atoms with Crippen LogP contribution in [0.2, 0.25) is 0 Å². The number of hydrogen-bond acceptors (Lipinski definition) is 1. The Morgan fingerprint density at radius 1 is 1.07 bits per heavy atom. The maximum atomic E-state index is 12.0. The van der Waals surface area contributed by atoms with E-state index >= 15 is 0 Å². The Labute approximate surface area is 75.3 Å². The second kappa shape index (κ2) is 3.44. The molecule has 0 amide bonds. The Morgan fingerprint density at radius 3 is 1.50 bits per heavy atom. The highest BCUT2D eigenvalue weighted by Gasteiger charge is 2.73. The summed E-state index contributed by atoms with van der Waals surface area (Å²) >= 11 is 0. The van der Waals surface area contributed by atoms with Crippen LogP contribution in [-0.4, -0.2) is 18.0 Å². The highest BCUT2D eigenvalue weighted by molar-refractivity contribution is 5.18. The molecule has 0 fully saturated rings. The van der Waals surface area contributed by atoms with Gasteiger partial charge in [-0.1, -0.05) is 6.58 Å². The summed E-state index contributed by atoms with van der Waals surface area (Å²) < 4.78 is 75.5. The Hall–Kier alpha value is -1.32. The average molecular weight is 218 g/mol. The predicted molar refractivity (Wildman–Crippen MR) is 35.0 cm³/mol. The molecule has 0 aromatic rings. The van der Waals surface area contributed by atoms with Crippen molar-refractivity contribution in [3.05, 3.63) is 12.8 Å². The maximum absolute atomic E-state index is 12.0. The molecule has 0 radical (unpaired) electrons. The van der Waals surface area contributed by atoms with E-state index in [9.17, 15) is 26.3 Å². The molecule has 0 atom stereocenters. The highest BCUT2D eigenvalue weighted by atomic mass is 19.4. The van der Waals surface area contributed by atoms with E-state index in [0.717, 1.165) is 0 Å². The normalized spacial score (nSPS) is 13.2. The van der Waals surface area contributed by atoms with Crippen molar-refractivity contribution in [2.75, 3.05) is 0 Å². The summed E-state index contributed by atoms with van der Waals surface area (Å²) in [5.41, 5.74) is -4.62. The van der Waals surface area contributed by atoms with Crippen molar-refractivity contribution >= 4 is 0 Å². The molecule has 0 unspecified atom stereocenters. The van der Waals surface area contributed by atoms with E-state index in [1.807, 2.05) is 0 Å². The minimum absolute atomic E-state index is 0.000833. The van der Waals surface area contributed by atoms with Gasteiger partial charge >= 0.3 is 18.0 Å². The molecule has 0 heterocycles. The zero-order valence-corrected chi connectivity index (χ0v) is 6.54. The summed E-state index contributed by atoms with van der Waals surface area (Å²) in [6, 6.07) is 0. The van der Waals surface area contributed by atoms with Gasteiger partial charge in [0, 0.05) is 0 Å². The molecule has 0 bridgehead atoms. The zero-order valence-electron chi connectivity index (χ0n) is 6.54. The maximum Gasteiger partial charge on any atom is 0.449 e. The third-order valence-electron chi connectivity index (χ3n) is 1.26. The molecule has 7 heteroatoms. The first-order valence-corrected chi connectivity index (χ1v) is 3.02. The van der Waals surface area contributed by atoms with Gasteiger partial charge in [-0.05, 0) is 5.92 Å². The minimum atomic E-state index is -5.76. The van der Waals surface area contributed by atoms with Gasteiger partial charge in [0.15, 0.2) is 0 Å². The van der Waals surface area contributed by atoms with E-state index in [1.54, 1.807) is 0 Å². The van der Waals surface area contributed by atoms with Gasteiger partial charge in [0.05, 0.1) is 6.26 Å². The molecular formula is C7H4F6O. The quantitative estimate of drug-likeness (QED) is 0.393. The highest BCUT2D eigenvalue weighted by Crippen LogP contribution is 2.45. The van der Waals surface area contributed by atoms with Crippen molar-refractivity contribution in [3.8, 4) is 12.3 Å². The number of hydrogen-bond donors (Lipinski definition) is 0. The van der Waals surface area contributed by atoms with E-state index in [1.165, 1.54) is 0 Å². The Balaban J connectivity index is 5.47. The summed E-state index contributed by atoms with van der Waals surface area (Å²) in [6.07, 6.45) is -7.31. The van der Waals surface area contributed by atoms with Crippen LogP contribution in [0.5, 0.6) is 0 Å². The Kier molecular flexibility index (Phi) is 3.12. The fraction of sp³-hybridized carbons (Fsp3) is 0.429. The molecular weight excluding hydrogens is 214 g/mol. The first kappa shape index (κ1) is 12.7. The average Bonchev–Trinajstić information content (AvgIpc) is 1.94. The fourth-order valence-corrected chi connectivity index (χ4v) is 0.617. The van der Waals surface area contributed by atoms with Gasteiger partial charge in [-0.25, -0.2) is 0 Å². The summed E-state index contributed by atoms with van der Waals surface area (Å²) in [7, 11) is 0. The first-order chi connectivity index (χ1) is 6.12. The molecule has 0 aliphatic carbocycles. The van der Waals surface area contributed by atoms with E-state index < -0.39 is 18.0 Å². The number of rotatable bonds is 2. The number of ether oxygens (including phenoxy) is 1. The SMILES string of the molecule is C#CC(OC=C)(C(F)(F)F)C(F)(F)F. The van der Waals surface area contributed by atoms with Gasteiger partial charge in [0.1, 0.15) is 0 Å². The monoisotopic (exact) mass is 218 g/mol. The van der Waals surface area contributed by atoms with Gasteiger partial charge in [0.2, 0.25) is 0 Å². The standard InChI is InChI=1S/C7H4F6O/c1-3-5(14-4-2,6(8,9)10)7(11,12)13/h1,4H,2H2. The molecule has 14 heavy (non-hydrogen) atoms. The smallest absolute Gasteiger partial charge is 0.449 e. The van der Waals surface area contributed by atoms with E-state index in [0.29, 0.717) is 5.92 Å². The van der Waals surface area contributed by atoms with Gasteiger partial charge < -0.3 is 4.74 Å². The first-order valence-electron chi connectivity index (χ1n) is 3.02. The summed E-state index contributed by atoms with van der Waals surface area (Å²) in [4.78, 5) is 0. The minimum Gasteiger partial charge on any atom is -0.466 e. The van der Waals surface area contributed by atoms with E-state index in [4.69, 9.17) is 0 Å². The molecule has 0 aliphatic heterocycles. The summed E-state index contributed by atoms with van der Waals surface area (Å²) in [5, 5.41) is 0. The summed E-state index contributed by atoms with van der Waals surface area (Å²) in [6.45, 7) is 2.60. The lowest BCUT2D eigenvalue weighted by Crippen LogP contribution is -2.56. The van der Waals surface area contributed by atoms with E-state index in [2.05, 4.69) is 17.7 Å². The lowest BCUT2D eigenvalue weighted by Gasteiger charge is -2.31. The number of halogens is 6. The van der Waals surface area contributed by atoms with Crippen molar-refractivity contribution in [3.63, 3.8) is 0 Å². The van der Waals surface area contributed by atoms with Crippen molar-refractivity contribution in [2.45, 2.75) is 18.0 Å². The molecule has 0 saturated heterocycles. The van der Waals surface area contributed by atoms with Gasteiger partial charge in [-0.2, -0.15) is 26.3 Å². The van der Waals surface area contributed by atoms with Crippen LogP contribution in [0.3, 0.4) is 0 Å². The third kappa shape index (κ3) is 1.78. The zero-order chi connectivity index (χ0) is 11.6. The molecule has 0 spiro atoms. The van der Waals surface area contributed by atoms with Crippen LogP contribution in [0.1, 0.15) is 0 Å². The molecule has 0 aromatic carbocycles. The van der Waals surface area contributed by atoms with Crippen LogP contribution in [0.25, 0.3) is 0 Å². The third-order valence-corrected chi connectivity index (χ3v) is 1.26. The van der Waals surface area contributed by atoms with Gasteiger partial charge in [0.25, 0.3) is 0 Å². The number of terminal acetylenes is 1. The Morgan fingerprint density at radius 2 is 1.43 bits per heavy atom. The van der Waals surface area contributed by atoms with E-state index in [-0.39, 0.29) is 6.26 Å². The molecule has 1 nitrogen and oxygen atoms in total. The molecule has 0 N–H and O–H groups in total. The molecule has 0 rings (SSSR count). The van der Waals surface area contributed by atoms with Crippen LogP contribution in [0.15, 0.2) is 12.8 Å². The second-order valence-electron chi connectivity index (χ2n) is 2.11. The van der Waals surface area contributed by atoms with Crippen LogP contribution < -0.4 is 0 Å². The number of alkyl halides is 6. The van der Waals surface area contributed by atoms with Crippen molar-refractivity contribution < 1.29 is 31.1 Å². The van der Waals surface area contributed by atoms with Crippen molar-refractivity contribution in [1.82, 2.24) is 0 Å². The predicted octanol–water partition coefficient (Wildman–Crippen LogP) is 2.64. The van der Waals surface area contributed by atoms with Crippen LogP contribution in [0.4, 0.5) is 26.3 Å². The summed E-state index contributed by atoms with van der Waals surface area (Å²) in [5.74, 6) is 0.553. The van der Waals surface area contributed by atoms with Gasteiger partial charge in [-0.15, -0.1) is 6.42 Å². The Bertz CT molecular complexity index is 241. The lowest BCUT2D eigenvalue weighted by molar-refractivity contribution is -0.343. The largest absolute Gasteiger partial charge is 0.466 e. The topological polar surface area (TPSA) is 9.23 Å². The lowest BCUT2D eigenvalue weighted by atomic mass is 10.0. The van der Waals surface area contributed by atoms with Crippen LogP contribution >= 0.6 is 0 Å².